The van der Waals surface area contributed by atoms with E-state index in [0.29, 0.717) is 11.3 Å². The third kappa shape index (κ3) is 5.63. The lowest BCUT2D eigenvalue weighted by Crippen LogP contribution is -2.33. The van der Waals surface area contributed by atoms with Crippen LogP contribution < -0.4 is 14.9 Å². The molecule has 0 bridgehead atoms. The van der Waals surface area contributed by atoms with Crippen LogP contribution in [0, 0.1) is 5.82 Å². The lowest BCUT2D eigenvalue weighted by molar-refractivity contribution is -0.127. The summed E-state index contributed by atoms with van der Waals surface area (Å²) < 4.78 is 24.6. The van der Waals surface area contributed by atoms with Crippen LogP contribution in [0.3, 0.4) is 0 Å². The first kappa shape index (κ1) is 22.7. The van der Waals surface area contributed by atoms with Crippen molar-refractivity contribution in [3.05, 3.63) is 108 Å². The summed E-state index contributed by atoms with van der Waals surface area (Å²) in [4.78, 5) is 24.4. The number of hydrazone groups is 1. The number of amides is 1. The Morgan fingerprint density at radius 1 is 0.882 bits per heavy atom. The van der Waals surface area contributed by atoms with Crippen molar-refractivity contribution in [2.24, 2.45) is 5.10 Å². The standard InChI is InChI=1S/C27H21FN2O4/c1-18(33-23-15-12-20-6-2-3-7-21(20)16-23)26(31)30-29-17-19-10-13-22(14-11-19)34-27(32)24-8-4-5-9-25(24)28/h2-18H,1H3,(H,30,31)/b29-17+. The number of benzene rings is 4. The quantitative estimate of drug-likeness (QED) is 0.181. The summed E-state index contributed by atoms with van der Waals surface area (Å²) in [5.74, 6) is -0.990. The lowest BCUT2D eigenvalue weighted by atomic mass is 10.1. The zero-order valence-corrected chi connectivity index (χ0v) is 18.3. The minimum absolute atomic E-state index is 0.143. The molecule has 0 aromatic heterocycles. The summed E-state index contributed by atoms with van der Waals surface area (Å²) in [7, 11) is 0. The highest BCUT2D eigenvalue weighted by Crippen LogP contribution is 2.21. The summed E-state index contributed by atoms with van der Waals surface area (Å²) in [6.07, 6.45) is 0.696. The van der Waals surface area contributed by atoms with Crippen LogP contribution in [0.4, 0.5) is 4.39 Å². The minimum atomic E-state index is -0.785. The average molecular weight is 456 g/mol. The van der Waals surface area contributed by atoms with E-state index in [2.05, 4.69) is 10.5 Å². The SMILES string of the molecule is CC(Oc1ccc2ccccc2c1)C(=O)N/N=C/c1ccc(OC(=O)c2ccccc2F)cc1. The molecule has 0 saturated heterocycles. The van der Waals surface area contributed by atoms with Gasteiger partial charge in [0.05, 0.1) is 11.8 Å². The van der Waals surface area contributed by atoms with Crippen LogP contribution in [0.25, 0.3) is 10.8 Å². The maximum Gasteiger partial charge on any atom is 0.346 e. The third-order valence-electron chi connectivity index (χ3n) is 4.98. The normalized spacial score (nSPS) is 11.8. The van der Waals surface area contributed by atoms with Gasteiger partial charge in [-0.2, -0.15) is 5.10 Å². The minimum Gasteiger partial charge on any atom is -0.481 e. The molecule has 0 aliphatic carbocycles. The Kier molecular flexibility index (Phi) is 6.93. The maximum absolute atomic E-state index is 13.7. The first-order valence-electron chi connectivity index (χ1n) is 10.5. The van der Waals surface area contributed by atoms with E-state index >= 15 is 0 Å². The number of carbonyl (C=O) groups excluding carboxylic acids is 2. The van der Waals surface area contributed by atoms with Crippen molar-refractivity contribution in [1.82, 2.24) is 5.43 Å². The second-order valence-corrected chi connectivity index (χ2v) is 7.44. The molecule has 0 heterocycles. The number of nitrogens with one attached hydrogen (secondary N) is 1. The van der Waals surface area contributed by atoms with Gasteiger partial charge >= 0.3 is 5.97 Å². The predicted molar refractivity (Wildman–Crippen MR) is 128 cm³/mol. The fourth-order valence-corrected chi connectivity index (χ4v) is 3.17. The molecule has 1 amide bonds. The number of rotatable bonds is 7. The molecule has 0 fully saturated rings. The average Bonchev–Trinajstić information content (AvgIpc) is 2.85. The highest BCUT2D eigenvalue weighted by Gasteiger charge is 2.15. The van der Waals surface area contributed by atoms with Gasteiger partial charge in [-0.1, -0.05) is 42.5 Å². The van der Waals surface area contributed by atoms with Gasteiger partial charge in [0.25, 0.3) is 5.91 Å². The molecule has 0 radical (unpaired) electrons. The van der Waals surface area contributed by atoms with Crippen molar-refractivity contribution >= 4 is 28.9 Å². The molecular formula is C27H21FN2O4. The van der Waals surface area contributed by atoms with E-state index in [9.17, 15) is 14.0 Å². The molecule has 0 aliphatic rings. The van der Waals surface area contributed by atoms with Crippen LogP contribution in [0.1, 0.15) is 22.8 Å². The summed E-state index contributed by atoms with van der Waals surface area (Å²) in [6, 6.07) is 25.5. The summed E-state index contributed by atoms with van der Waals surface area (Å²) in [6.45, 7) is 1.64. The van der Waals surface area contributed by atoms with Gasteiger partial charge in [-0.25, -0.2) is 14.6 Å². The number of esters is 1. The lowest BCUT2D eigenvalue weighted by Gasteiger charge is -2.13. The van der Waals surface area contributed by atoms with Crippen molar-refractivity contribution < 1.29 is 23.5 Å². The van der Waals surface area contributed by atoms with Gasteiger partial charge in [0.15, 0.2) is 6.10 Å². The number of hydrogen-bond acceptors (Lipinski definition) is 5. The van der Waals surface area contributed by atoms with Crippen LogP contribution >= 0.6 is 0 Å². The van der Waals surface area contributed by atoms with Gasteiger partial charge in [0.2, 0.25) is 0 Å². The van der Waals surface area contributed by atoms with Crippen molar-refractivity contribution in [2.45, 2.75) is 13.0 Å². The summed E-state index contributed by atoms with van der Waals surface area (Å²) >= 11 is 0. The Bertz CT molecular complexity index is 1350. The smallest absolute Gasteiger partial charge is 0.346 e. The maximum atomic E-state index is 13.7. The van der Waals surface area contributed by atoms with E-state index in [-0.39, 0.29) is 11.3 Å². The number of ether oxygens (including phenoxy) is 2. The van der Waals surface area contributed by atoms with E-state index in [1.54, 1.807) is 37.3 Å². The van der Waals surface area contributed by atoms with Crippen LogP contribution in [-0.4, -0.2) is 24.2 Å². The fraction of sp³-hybridized carbons (Fsp3) is 0.0741. The van der Waals surface area contributed by atoms with Gasteiger partial charge in [-0.3, -0.25) is 4.79 Å². The van der Waals surface area contributed by atoms with Crippen molar-refractivity contribution in [3.63, 3.8) is 0 Å². The fourth-order valence-electron chi connectivity index (χ4n) is 3.17. The van der Waals surface area contributed by atoms with Crippen LogP contribution in [0.2, 0.25) is 0 Å². The second kappa shape index (κ2) is 10.4. The Morgan fingerprint density at radius 2 is 1.56 bits per heavy atom. The molecule has 1 unspecified atom stereocenters. The number of hydrogen-bond donors (Lipinski definition) is 1. The zero-order valence-electron chi connectivity index (χ0n) is 18.3. The zero-order chi connectivity index (χ0) is 23.9. The monoisotopic (exact) mass is 456 g/mol. The molecule has 0 saturated carbocycles. The van der Waals surface area contributed by atoms with Crippen LogP contribution in [-0.2, 0) is 4.79 Å². The molecule has 34 heavy (non-hydrogen) atoms. The van der Waals surface area contributed by atoms with E-state index in [0.717, 1.165) is 10.8 Å². The Morgan fingerprint density at radius 3 is 2.32 bits per heavy atom. The third-order valence-corrected chi connectivity index (χ3v) is 4.98. The van der Waals surface area contributed by atoms with Crippen molar-refractivity contribution in [2.75, 3.05) is 0 Å². The van der Waals surface area contributed by atoms with Gasteiger partial charge in [0.1, 0.15) is 17.3 Å². The summed E-state index contributed by atoms with van der Waals surface area (Å²) in [5.41, 5.74) is 2.96. The molecule has 170 valence electrons. The topological polar surface area (TPSA) is 77.0 Å². The largest absolute Gasteiger partial charge is 0.481 e. The van der Waals surface area contributed by atoms with Crippen LogP contribution in [0.5, 0.6) is 11.5 Å². The molecule has 1 N–H and O–H groups in total. The first-order valence-corrected chi connectivity index (χ1v) is 10.5. The molecule has 4 rings (SSSR count). The Labute approximate surface area is 195 Å². The van der Waals surface area contributed by atoms with Gasteiger partial charge in [-0.05, 0) is 71.8 Å². The van der Waals surface area contributed by atoms with Crippen molar-refractivity contribution in [1.29, 1.82) is 0 Å². The number of halogens is 1. The van der Waals surface area contributed by atoms with E-state index < -0.39 is 23.8 Å². The molecule has 4 aromatic carbocycles. The van der Waals surface area contributed by atoms with E-state index in [1.807, 2.05) is 42.5 Å². The first-order chi connectivity index (χ1) is 16.5. The number of fused-ring (bicyclic) bond motifs is 1. The molecule has 0 aliphatic heterocycles. The molecule has 0 spiro atoms. The highest BCUT2D eigenvalue weighted by molar-refractivity contribution is 5.91. The number of carbonyl (C=O) groups is 2. The highest BCUT2D eigenvalue weighted by atomic mass is 19.1. The van der Waals surface area contributed by atoms with Gasteiger partial charge in [0, 0.05) is 0 Å². The molecular weight excluding hydrogens is 435 g/mol. The van der Waals surface area contributed by atoms with Gasteiger partial charge < -0.3 is 9.47 Å². The molecule has 7 heteroatoms. The van der Waals surface area contributed by atoms with E-state index in [4.69, 9.17) is 9.47 Å². The summed E-state index contributed by atoms with van der Waals surface area (Å²) in [5, 5.41) is 6.05. The van der Waals surface area contributed by atoms with Crippen LogP contribution in [0.15, 0.2) is 96.1 Å². The Balaban J connectivity index is 1.29. The second-order valence-electron chi connectivity index (χ2n) is 7.44. The van der Waals surface area contributed by atoms with E-state index in [1.165, 1.54) is 24.4 Å². The Hall–Kier alpha value is -4.52. The molecule has 4 aromatic rings. The van der Waals surface area contributed by atoms with Gasteiger partial charge in [-0.15, -0.1) is 0 Å². The van der Waals surface area contributed by atoms with Crippen molar-refractivity contribution in [3.8, 4) is 11.5 Å². The number of nitrogens with zero attached hydrogens (tertiary/aromatic N) is 1. The molecule has 6 nitrogen and oxygen atoms in total. The molecule has 1 atom stereocenters. The predicted octanol–water partition coefficient (Wildman–Crippen LogP) is 5.12.